The number of hydrogen-bond acceptors (Lipinski definition) is 1. The molecule has 76 valence electrons. The Morgan fingerprint density at radius 3 is 2.33 bits per heavy atom. The maximum absolute atomic E-state index is 12.9. The largest absolute Gasteiger partial charge is 0.355 e. The lowest BCUT2D eigenvalue weighted by Crippen LogP contribution is -1.90. The highest BCUT2D eigenvalue weighted by atomic mass is 19.1. The summed E-state index contributed by atoms with van der Waals surface area (Å²) >= 11 is 0. The zero-order valence-electron chi connectivity index (χ0n) is 8.50. The lowest BCUT2D eigenvalue weighted by atomic mass is 10.2. The molecule has 0 amide bonds. The van der Waals surface area contributed by atoms with E-state index >= 15 is 0 Å². The third-order valence-corrected chi connectivity index (χ3v) is 2.16. The van der Waals surface area contributed by atoms with Crippen molar-refractivity contribution >= 4 is 11.4 Å². The van der Waals surface area contributed by atoms with Gasteiger partial charge in [0.25, 0.3) is 0 Å². The van der Waals surface area contributed by atoms with Crippen LogP contribution in [0.4, 0.5) is 15.8 Å². The van der Waals surface area contributed by atoms with E-state index in [1.165, 1.54) is 17.7 Å². The highest BCUT2D eigenvalue weighted by Gasteiger charge is 1.95. The van der Waals surface area contributed by atoms with Gasteiger partial charge in [-0.15, -0.1) is 0 Å². The van der Waals surface area contributed by atoms with Gasteiger partial charge in [-0.05, 0) is 37.3 Å². The Morgan fingerprint density at radius 1 is 0.933 bits per heavy atom. The van der Waals surface area contributed by atoms with Gasteiger partial charge in [0.1, 0.15) is 5.82 Å². The van der Waals surface area contributed by atoms with Crippen molar-refractivity contribution in [1.82, 2.24) is 0 Å². The second-order valence-electron chi connectivity index (χ2n) is 3.50. The SMILES string of the molecule is Cc1ccc(Nc2cccc(F)c2)cc1. The van der Waals surface area contributed by atoms with E-state index in [1.807, 2.05) is 37.3 Å². The maximum atomic E-state index is 12.9. The van der Waals surface area contributed by atoms with Gasteiger partial charge in [-0.3, -0.25) is 0 Å². The van der Waals surface area contributed by atoms with Crippen molar-refractivity contribution in [2.45, 2.75) is 6.92 Å². The molecule has 15 heavy (non-hydrogen) atoms. The summed E-state index contributed by atoms with van der Waals surface area (Å²) in [6, 6.07) is 14.4. The fraction of sp³-hybridized carbons (Fsp3) is 0.0769. The van der Waals surface area contributed by atoms with Crippen LogP contribution in [0.3, 0.4) is 0 Å². The van der Waals surface area contributed by atoms with E-state index in [2.05, 4.69) is 5.32 Å². The first-order valence-electron chi connectivity index (χ1n) is 4.83. The predicted molar refractivity (Wildman–Crippen MR) is 60.9 cm³/mol. The molecule has 0 radical (unpaired) electrons. The molecule has 0 aliphatic carbocycles. The average molecular weight is 201 g/mol. The molecule has 0 fully saturated rings. The average Bonchev–Trinajstić information content (AvgIpc) is 2.22. The van der Waals surface area contributed by atoms with Crippen LogP contribution >= 0.6 is 0 Å². The van der Waals surface area contributed by atoms with Crippen LogP contribution in [0.25, 0.3) is 0 Å². The third-order valence-electron chi connectivity index (χ3n) is 2.16. The maximum Gasteiger partial charge on any atom is 0.125 e. The van der Waals surface area contributed by atoms with E-state index in [0.717, 1.165) is 11.4 Å². The molecular weight excluding hydrogens is 189 g/mol. The molecule has 0 aliphatic rings. The number of anilines is 2. The van der Waals surface area contributed by atoms with E-state index in [9.17, 15) is 4.39 Å². The Labute approximate surface area is 88.6 Å². The summed E-state index contributed by atoms with van der Waals surface area (Å²) in [5.74, 6) is -0.230. The molecule has 0 saturated heterocycles. The van der Waals surface area contributed by atoms with Gasteiger partial charge < -0.3 is 5.32 Å². The molecule has 1 nitrogen and oxygen atoms in total. The first-order valence-corrected chi connectivity index (χ1v) is 4.83. The molecule has 0 spiro atoms. The zero-order valence-corrected chi connectivity index (χ0v) is 8.50. The van der Waals surface area contributed by atoms with Gasteiger partial charge in [-0.1, -0.05) is 23.8 Å². The van der Waals surface area contributed by atoms with Crippen LogP contribution in [0.5, 0.6) is 0 Å². The zero-order chi connectivity index (χ0) is 10.7. The van der Waals surface area contributed by atoms with Gasteiger partial charge in [0.15, 0.2) is 0 Å². The highest BCUT2D eigenvalue weighted by Crippen LogP contribution is 2.17. The minimum atomic E-state index is -0.230. The van der Waals surface area contributed by atoms with Crippen LogP contribution in [0.15, 0.2) is 48.5 Å². The standard InChI is InChI=1S/C13H12FN/c1-10-5-7-12(8-6-10)15-13-4-2-3-11(14)9-13/h2-9,15H,1H3. The van der Waals surface area contributed by atoms with Gasteiger partial charge in [0.05, 0.1) is 0 Å². The fourth-order valence-corrected chi connectivity index (χ4v) is 1.37. The number of hydrogen-bond donors (Lipinski definition) is 1. The molecule has 2 rings (SSSR count). The predicted octanol–water partition coefficient (Wildman–Crippen LogP) is 3.88. The van der Waals surface area contributed by atoms with E-state index < -0.39 is 0 Å². The van der Waals surface area contributed by atoms with Crippen LogP contribution in [-0.4, -0.2) is 0 Å². The summed E-state index contributed by atoms with van der Waals surface area (Å²) in [6.45, 7) is 2.03. The van der Waals surface area contributed by atoms with E-state index in [-0.39, 0.29) is 5.82 Å². The Bertz CT molecular complexity index is 448. The number of benzene rings is 2. The first kappa shape index (κ1) is 9.71. The Morgan fingerprint density at radius 2 is 1.67 bits per heavy atom. The Hall–Kier alpha value is -1.83. The van der Waals surface area contributed by atoms with Crippen molar-refractivity contribution in [3.63, 3.8) is 0 Å². The van der Waals surface area contributed by atoms with Gasteiger partial charge in [0.2, 0.25) is 0 Å². The Balaban J connectivity index is 2.18. The number of aryl methyl sites for hydroxylation is 1. The number of halogens is 1. The van der Waals surface area contributed by atoms with Crippen molar-refractivity contribution in [3.05, 3.63) is 59.9 Å². The van der Waals surface area contributed by atoms with Crippen molar-refractivity contribution in [2.24, 2.45) is 0 Å². The van der Waals surface area contributed by atoms with Gasteiger partial charge in [0, 0.05) is 11.4 Å². The van der Waals surface area contributed by atoms with Crippen LogP contribution in [0.2, 0.25) is 0 Å². The number of nitrogens with one attached hydrogen (secondary N) is 1. The summed E-state index contributed by atoms with van der Waals surface area (Å²) in [6.07, 6.45) is 0. The molecule has 2 aromatic carbocycles. The molecule has 0 aliphatic heterocycles. The lowest BCUT2D eigenvalue weighted by molar-refractivity contribution is 0.628. The van der Waals surface area contributed by atoms with E-state index in [0.29, 0.717) is 0 Å². The minimum Gasteiger partial charge on any atom is -0.355 e. The topological polar surface area (TPSA) is 12.0 Å². The van der Waals surface area contributed by atoms with Crippen molar-refractivity contribution in [3.8, 4) is 0 Å². The highest BCUT2D eigenvalue weighted by molar-refractivity contribution is 5.59. The summed E-state index contributed by atoms with van der Waals surface area (Å²) in [7, 11) is 0. The van der Waals surface area contributed by atoms with Crippen molar-refractivity contribution in [1.29, 1.82) is 0 Å². The van der Waals surface area contributed by atoms with Crippen LogP contribution in [0, 0.1) is 12.7 Å². The first-order chi connectivity index (χ1) is 7.24. The Kier molecular flexibility index (Phi) is 2.68. The van der Waals surface area contributed by atoms with Crippen molar-refractivity contribution in [2.75, 3.05) is 5.32 Å². The molecule has 0 atom stereocenters. The monoisotopic (exact) mass is 201 g/mol. The summed E-state index contributed by atoms with van der Waals surface area (Å²) in [4.78, 5) is 0. The van der Waals surface area contributed by atoms with Crippen LogP contribution in [-0.2, 0) is 0 Å². The minimum absolute atomic E-state index is 0.230. The summed E-state index contributed by atoms with van der Waals surface area (Å²) in [5, 5.41) is 3.13. The summed E-state index contributed by atoms with van der Waals surface area (Å²) in [5.41, 5.74) is 2.94. The van der Waals surface area contributed by atoms with Gasteiger partial charge >= 0.3 is 0 Å². The van der Waals surface area contributed by atoms with Gasteiger partial charge in [-0.2, -0.15) is 0 Å². The molecule has 0 bridgehead atoms. The lowest BCUT2D eigenvalue weighted by Gasteiger charge is -2.06. The van der Waals surface area contributed by atoms with Gasteiger partial charge in [-0.25, -0.2) is 4.39 Å². The molecule has 0 unspecified atom stereocenters. The molecule has 0 saturated carbocycles. The normalized spacial score (nSPS) is 10.0. The van der Waals surface area contributed by atoms with Crippen molar-refractivity contribution < 1.29 is 4.39 Å². The fourth-order valence-electron chi connectivity index (χ4n) is 1.37. The molecule has 0 heterocycles. The van der Waals surface area contributed by atoms with Crippen LogP contribution in [0.1, 0.15) is 5.56 Å². The second-order valence-corrected chi connectivity index (χ2v) is 3.50. The van der Waals surface area contributed by atoms with Crippen LogP contribution < -0.4 is 5.32 Å². The summed E-state index contributed by atoms with van der Waals surface area (Å²) < 4.78 is 12.9. The second kappa shape index (κ2) is 4.13. The third kappa shape index (κ3) is 2.56. The smallest absolute Gasteiger partial charge is 0.125 e. The molecule has 1 N–H and O–H groups in total. The van der Waals surface area contributed by atoms with E-state index in [1.54, 1.807) is 6.07 Å². The molecule has 2 heteroatoms. The number of rotatable bonds is 2. The molecular formula is C13H12FN. The van der Waals surface area contributed by atoms with E-state index in [4.69, 9.17) is 0 Å². The molecule has 2 aromatic rings. The quantitative estimate of drug-likeness (QED) is 0.777. The molecule has 0 aromatic heterocycles.